The molecule has 10 heterocycles. The fourth-order valence-electron chi connectivity index (χ4n) is 8.02. The third-order valence-corrected chi connectivity index (χ3v) is 14.1. The van der Waals surface area contributed by atoms with Gasteiger partial charge in [-0.1, -0.05) is 56.6 Å². The van der Waals surface area contributed by atoms with Crippen LogP contribution in [0.4, 0.5) is 0 Å². The van der Waals surface area contributed by atoms with Crippen LogP contribution in [-0.4, -0.2) is 92.6 Å². The average molecular weight is 957 g/mol. The molecule has 1 N–H and O–H groups in total. The molecule has 2 aliphatic heterocycles. The molecule has 0 bridgehead atoms. The van der Waals surface area contributed by atoms with Gasteiger partial charge < -0.3 is 14.5 Å². The maximum atomic E-state index is 13.2. The summed E-state index contributed by atoms with van der Waals surface area (Å²) in [6, 6.07) is 19.9. The van der Waals surface area contributed by atoms with Crippen molar-refractivity contribution in [2.75, 3.05) is 25.7 Å². The van der Waals surface area contributed by atoms with E-state index in [2.05, 4.69) is 36.0 Å². The first-order valence-corrected chi connectivity index (χ1v) is 25.1. The Hall–Kier alpha value is -6.25. The van der Waals surface area contributed by atoms with Gasteiger partial charge in [-0.2, -0.15) is 10.2 Å². The molecule has 9 aromatic rings. The maximum absolute atomic E-state index is 13.2. The van der Waals surface area contributed by atoms with Crippen molar-refractivity contribution in [3.05, 3.63) is 116 Å². The first-order chi connectivity index (χ1) is 31.9. The number of ether oxygens (including phenoxy) is 2. The van der Waals surface area contributed by atoms with Crippen LogP contribution in [0.25, 0.3) is 67.1 Å². The molecule has 0 amide bonds. The molecule has 2 fully saturated rings. The standard InChI is InChI=1S/C26H24N6O3S2.C20H20N6OS.2CH4/c1-36-26-27-12-10-22(29-26)21-17-31(23-9-5-6-14-35-23)30-24(21)19-15-18-11-13-32(25(18)28-16-19)37(33,34)20-7-3-2-4-8-20;1-28-20-22-8-6-16(24-20)15-12-26(17-4-2-3-9-27-17)25-18(15)14-10-13-5-7-21-19(13)23-11-14;;/h2-4,7-8,10-13,15-17,23H,5-6,9,14H2,1H3;5-8,10-12,17H,2-4,9H2,1H3,(H,21,23);2*1H4. The molecule has 19 heteroatoms. The van der Waals surface area contributed by atoms with E-state index in [9.17, 15) is 8.42 Å². The first kappa shape index (κ1) is 47.3. The van der Waals surface area contributed by atoms with Gasteiger partial charge in [0.1, 0.15) is 29.5 Å². The summed E-state index contributed by atoms with van der Waals surface area (Å²) >= 11 is 3.00. The highest BCUT2D eigenvalue weighted by atomic mass is 32.2. The number of hydrogen-bond donors (Lipinski definition) is 1. The van der Waals surface area contributed by atoms with Crippen molar-refractivity contribution in [1.82, 2.24) is 58.4 Å². The van der Waals surface area contributed by atoms with Gasteiger partial charge in [0.15, 0.2) is 16.0 Å². The number of nitrogens with zero attached hydrogens (tertiary/aromatic N) is 11. The molecule has 67 heavy (non-hydrogen) atoms. The van der Waals surface area contributed by atoms with E-state index < -0.39 is 10.0 Å². The third kappa shape index (κ3) is 9.78. The SMILES string of the molecule is C.C.CSc1nccc(-c2cn(C3CCCCO3)nc2-c2cnc3[nH]ccc3c2)n1.CSc1nccc(-c2cn(C3CCCCO3)nc2-c2cnc3c(ccn3S(=O)(=O)c3ccccc3)c2)n1. The number of hydrogen-bond acceptors (Lipinski definition) is 14. The van der Waals surface area contributed by atoms with Gasteiger partial charge >= 0.3 is 0 Å². The van der Waals surface area contributed by atoms with Crippen LogP contribution in [0.3, 0.4) is 0 Å². The largest absolute Gasteiger partial charge is 0.357 e. The van der Waals surface area contributed by atoms with Gasteiger partial charge in [-0.15, -0.1) is 0 Å². The number of nitrogens with one attached hydrogen (secondary N) is 1. The zero-order valence-corrected chi connectivity index (χ0v) is 38.0. The summed E-state index contributed by atoms with van der Waals surface area (Å²) in [5.74, 6) is 0. The van der Waals surface area contributed by atoms with Gasteiger partial charge in [-0.25, -0.2) is 51.7 Å². The molecule has 16 nitrogen and oxygen atoms in total. The van der Waals surface area contributed by atoms with Crippen LogP contribution in [-0.2, 0) is 19.5 Å². The Morgan fingerprint density at radius 1 is 0.672 bits per heavy atom. The number of aromatic nitrogens is 12. The second-order valence-corrected chi connectivity index (χ2v) is 18.8. The minimum absolute atomic E-state index is 0. The quantitative estimate of drug-likeness (QED) is 0.101. The van der Waals surface area contributed by atoms with Crippen molar-refractivity contribution in [3.8, 4) is 45.0 Å². The lowest BCUT2D eigenvalue weighted by Crippen LogP contribution is -2.18. The molecular formula is C48H52N12O4S3. The fourth-order valence-corrected chi connectivity index (χ4v) is 10.1. The Bertz CT molecular complexity index is 3210. The van der Waals surface area contributed by atoms with E-state index >= 15 is 0 Å². The lowest BCUT2D eigenvalue weighted by atomic mass is 10.1. The van der Waals surface area contributed by atoms with Crippen molar-refractivity contribution in [2.45, 2.75) is 81.0 Å². The van der Waals surface area contributed by atoms with Crippen molar-refractivity contribution >= 4 is 55.6 Å². The zero-order valence-electron chi connectivity index (χ0n) is 35.6. The van der Waals surface area contributed by atoms with Gasteiger partial charge in [-0.3, -0.25) is 0 Å². The molecular weight excluding hydrogens is 905 g/mol. The van der Waals surface area contributed by atoms with E-state index in [0.717, 1.165) is 101 Å². The molecule has 2 saturated heterocycles. The van der Waals surface area contributed by atoms with Crippen LogP contribution >= 0.6 is 23.5 Å². The minimum Gasteiger partial charge on any atom is -0.357 e. The molecule has 2 atom stereocenters. The Balaban J connectivity index is 0.000000183. The highest BCUT2D eigenvalue weighted by Crippen LogP contribution is 2.36. The lowest BCUT2D eigenvalue weighted by molar-refractivity contribution is -0.0394. The number of rotatable bonds is 10. The molecule has 0 saturated carbocycles. The van der Waals surface area contributed by atoms with Gasteiger partial charge in [0.05, 0.1) is 16.3 Å². The van der Waals surface area contributed by atoms with Gasteiger partial charge in [0.25, 0.3) is 10.0 Å². The summed E-state index contributed by atoms with van der Waals surface area (Å²) in [6.45, 7) is 1.48. The smallest absolute Gasteiger partial charge is 0.269 e. The van der Waals surface area contributed by atoms with Crippen LogP contribution in [0.1, 0.15) is 65.8 Å². The van der Waals surface area contributed by atoms with Crippen LogP contribution in [0, 0.1) is 0 Å². The van der Waals surface area contributed by atoms with Crippen molar-refractivity contribution < 1.29 is 17.9 Å². The summed E-state index contributed by atoms with van der Waals surface area (Å²) in [5, 5.41) is 13.0. The highest BCUT2D eigenvalue weighted by Gasteiger charge is 2.25. The van der Waals surface area contributed by atoms with Crippen molar-refractivity contribution in [3.63, 3.8) is 0 Å². The number of thioether (sulfide) groups is 2. The Morgan fingerprint density at radius 2 is 1.24 bits per heavy atom. The van der Waals surface area contributed by atoms with E-state index in [1.807, 2.05) is 70.9 Å². The van der Waals surface area contributed by atoms with Crippen LogP contribution in [0.5, 0.6) is 0 Å². The van der Waals surface area contributed by atoms with Gasteiger partial charge in [0, 0.05) is 95.8 Å². The van der Waals surface area contributed by atoms with Crippen molar-refractivity contribution in [1.29, 1.82) is 0 Å². The van der Waals surface area contributed by atoms with E-state index in [0.29, 0.717) is 28.5 Å². The Labute approximate surface area is 398 Å². The molecule has 0 aliphatic carbocycles. The molecule has 8 aromatic heterocycles. The lowest BCUT2D eigenvalue weighted by Gasteiger charge is -2.22. The van der Waals surface area contributed by atoms with E-state index in [1.165, 1.54) is 33.7 Å². The predicted molar refractivity (Wildman–Crippen MR) is 264 cm³/mol. The second kappa shape index (κ2) is 20.7. The van der Waals surface area contributed by atoms with Crippen LogP contribution < -0.4 is 0 Å². The Morgan fingerprint density at radius 3 is 1.79 bits per heavy atom. The molecule has 11 rings (SSSR count). The van der Waals surface area contributed by atoms with Crippen molar-refractivity contribution in [2.24, 2.45) is 0 Å². The first-order valence-electron chi connectivity index (χ1n) is 21.2. The number of pyridine rings is 2. The summed E-state index contributed by atoms with van der Waals surface area (Å²) < 4.78 is 43.4. The monoisotopic (exact) mass is 956 g/mol. The highest BCUT2D eigenvalue weighted by molar-refractivity contribution is 7.98. The molecule has 346 valence electrons. The zero-order chi connectivity index (χ0) is 44.3. The fraction of sp³-hybridized carbons (Fsp3) is 0.292. The van der Waals surface area contributed by atoms with Crippen LogP contribution in [0.2, 0.25) is 0 Å². The second-order valence-electron chi connectivity index (χ2n) is 15.4. The minimum atomic E-state index is -3.77. The van der Waals surface area contributed by atoms with Gasteiger partial charge in [-0.05, 0) is 99.6 Å². The summed E-state index contributed by atoms with van der Waals surface area (Å²) in [6.07, 6.45) is 24.5. The topological polar surface area (TPSA) is 186 Å². The molecule has 2 aliphatic rings. The number of fused-ring (bicyclic) bond motifs is 2. The summed E-state index contributed by atoms with van der Waals surface area (Å²) in [5.41, 5.74) is 7.91. The summed E-state index contributed by atoms with van der Waals surface area (Å²) in [4.78, 5) is 30.4. The predicted octanol–water partition coefficient (Wildman–Crippen LogP) is 10.6. The number of benzene rings is 1. The Kier molecular flexibility index (Phi) is 14.6. The maximum Gasteiger partial charge on any atom is 0.269 e. The molecule has 2 unspecified atom stereocenters. The average Bonchev–Trinajstić information content (AvgIpc) is 4.21. The van der Waals surface area contributed by atoms with E-state index in [-0.39, 0.29) is 32.2 Å². The van der Waals surface area contributed by atoms with E-state index in [4.69, 9.17) is 24.7 Å². The van der Waals surface area contributed by atoms with E-state index in [1.54, 1.807) is 55.0 Å². The molecule has 1 aromatic carbocycles. The number of H-pyrrole nitrogens is 1. The van der Waals surface area contributed by atoms with Gasteiger partial charge in [0.2, 0.25) is 0 Å². The summed E-state index contributed by atoms with van der Waals surface area (Å²) in [7, 11) is -3.77. The normalized spacial score (nSPS) is 16.2. The molecule has 0 radical (unpaired) electrons. The van der Waals surface area contributed by atoms with Crippen LogP contribution in [0.15, 0.2) is 132 Å². The number of aromatic amines is 1. The third-order valence-electron chi connectivity index (χ3n) is 11.3. The molecule has 0 spiro atoms.